The molecule has 1 N–H and O–H groups in total. The number of halogens is 3. The zero-order valence-electron chi connectivity index (χ0n) is 15.6. The van der Waals surface area contributed by atoms with Gasteiger partial charge in [0.1, 0.15) is 0 Å². The van der Waals surface area contributed by atoms with Crippen LogP contribution in [0.25, 0.3) is 0 Å². The molecular weight excluding hydrogens is 361 g/mol. The van der Waals surface area contributed by atoms with E-state index >= 15 is 0 Å². The summed E-state index contributed by atoms with van der Waals surface area (Å²) >= 11 is 0. The Labute approximate surface area is 156 Å². The van der Waals surface area contributed by atoms with Gasteiger partial charge in [0, 0.05) is 31.3 Å². The van der Waals surface area contributed by atoms with Gasteiger partial charge in [-0.15, -0.1) is 0 Å². The molecule has 0 saturated carbocycles. The summed E-state index contributed by atoms with van der Waals surface area (Å²) < 4.78 is 42.4. The average Bonchev–Trinajstić information content (AvgIpc) is 2.58. The van der Waals surface area contributed by atoms with E-state index in [2.05, 4.69) is 29.0 Å². The molecule has 150 valence electrons. The Balaban J connectivity index is 1.76. The second-order valence-electron chi connectivity index (χ2n) is 7.95. The maximum atomic E-state index is 12.4. The third kappa shape index (κ3) is 5.31. The number of rotatable bonds is 4. The van der Waals surface area contributed by atoms with Crippen LogP contribution in [0.4, 0.5) is 19.1 Å². The fourth-order valence-corrected chi connectivity index (χ4v) is 3.60. The van der Waals surface area contributed by atoms with E-state index in [4.69, 9.17) is 9.72 Å². The van der Waals surface area contributed by atoms with Gasteiger partial charge in [0.15, 0.2) is 0 Å². The van der Waals surface area contributed by atoms with Gasteiger partial charge in [-0.25, -0.2) is 9.97 Å². The Hall–Kier alpha value is -1.90. The lowest BCUT2D eigenvalue weighted by Gasteiger charge is -2.37. The number of ether oxygens (including phenoxy) is 1. The van der Waals surface area contributed by atoms with Crippen molar-refractivity contribution < 1.29 is 22.7 Å². The summed E-state index contributed by atoms with van der Waals surface area (Å²) in [4.78, 5) is 23.2. The second kappa shape index (κ2) is 7.61. The van der Waals surface area contributed by atoms with E-state index in [1.54, 1.807) is 6.20 Å². The summed E-state index contributed by atoms with van der Waals surface area (Å²) in [6, 6.07) is -0.372. The van der Waals surface area contributed by atoms with E-state index in [0.717, 1.165) is 30.8 Å². The van der Waals surface area contributed by atoms with Crippen LogP contribution in [0.2, 0.25) is 0 Å². The quantitative estimate of drug-likeness (QED) is 0.862. The normalized spacial score (nSPS) is 22.3. The lowest BCUT2D eigenvalue weighted by atomic mass is 9.74. The molecule has 1 fully saturated rings. The second-order valence-corrected chi connectivity index (χ2v) is 7.95. The van der Waals surface area contributed by atoms with Gasteiger partial charge < -0.3 is 15.0 Å². The number of anilines is 1. The van der Waals surface area contributed by atoms with E-state index in [0.29, 0.717) is 25.6 Å². The monoisotopic (exact) mass is 386 g/mol. The van der Waals surface area contributed by atoms with E-state index in [1.807, 2.05) is 0 Å². The third-order valence-corrected chi connectivity index (χ3v) is 4.93. The van der Waals surface area contributed by atoms with E-state index in [-0.39, 0.29) is 11.5 Å². The van der Waals surface area contributed by atoms with Crippen LogP contribution in [-0.4, -0.2) is 48.4 Å². The molecule has 9 heteroatoms. The van der Waals surface area contributed by atoms with Crippen molar-refractivity contribution >= 4 is 11.9 Å². The van der Waals surface area contributed by atoms with Gasteiger partial charge in [-0.1, -0.05) is 13.8 Å². The largest absolute Gasteiger partial charge is 0.389 e. The first-order chi connectivity index (χ1) is 12.6. The molecule has 2 aliphatic rings. The highest BCUT2D eigenvalue weighted by Crippen LogP contribution is 2.40. The highest BCUT2D eigenvalue weighted by Gasteiger charge is 2.35. The SMILES string of the molecule is CC1(C)Cc2nc(N3CCOCC3)ncc2C(NC(=O)CCC(F)(F)F)C1. The number of fused-ring (bicyclic) bond motifs is 1. The van der Waals surface area contributed by atoms with Crippen LogP contribution >= 0.6 is 0 Å². The van der Waals surface area contributed by atoms with Gasteiger partial charge in [0.05, 0.1) is 31.4 Å². The first kappa shape index (κ1) is 19.9. The first-order valence-electron chi connectivity index (χ1n) is 9.18. The Kier molecular flexibility index (Phi) is 5.60. The van der Waals surface area contributed by atoms with Crippen molar-refractivity contribution in [1.29, 1.82) is 0 Å². The molecule has 1 aliphatic heterocycles. The Morgan fingerprint density at radius 1 is 1.37 bits per heavy atom. The molecule has 6 nitrogen and oxygen atoms in total. The molecule has 0 spiro atoms. The minimum absolute atomic E-state index is 0.119. The maximum absolute atomic E-state index is 12.4. The number of aromatic nitrogens is 2. The van der Waals surface area contributed by atoms with Crippen molar-refractivity contribution in [1.82, 2.24) is 15.3 Å². The lowest BCUT2D eigenvalue weighted by molar-refractivity contribution is -0.144. The Bertz CT molecular complexity index is 688. The number of amides is 1. The van der Waals surface area contributed by atoms with Crippen LogP contribution < -0.4 is 10.2 Å². The topological polar surface area (TPSA) is 67.3 Å². The summed E-state index contributed by atoms with van der Waals surface area (Å²) in [5, 5.41) is 2.75. The number of morpholine rings is 1. The zero-order chi connectivity index (χ0) is 19.7. The summed E-state index contributed by atoms with van der Waals surface area (Å²) in [6.45, 7) is 6.84. The molecular formula is C18H25F3N4O2. The predicted molar refractivity (Wildman–Crippen MR) is 93.3 cm³/mol. The van der Waals surface area contributed by atoms with Crippen molar-refractivity contribution in [2.24, 2.45) is 5.41 Å². The highest BCUT2D eigenvalue weighted by molar-refractivity contribution is 5.76. The van der Waals surface area contributed by atoms with Crippen LogP contribution in [0.5, 0.6) is 0 Å². The molecule has 0 radical (unpaired) electrons. The molecule has 1 saturated heterocycles. The van der Waals surface area contributed by atoms with E-state index in [1.165, 1.54) is 0 Å². The lowest BCUT2D eigenvalue weighted by Crippen LogP contribution is -2.39. The highest BCUT2D eigenvalue weighted by atomic mass is 19.4. The van der Waals surface area contributed by atoms with Crippen LogP contribution in [0.1, 0.15) is 50.4 Å². The van der Waals surface area contributed by atoms with E-state index in [9.17, 15) is 18.0 Å². The van der Waals surface area contributed by atoms with Gasteiger partial charge in [-0.05, 0) is 18.3 Å². The average molecular weight is 386 g/mol. The number of hydrogen-bond donors (Lipinski definition) is 1. The van der Waals surface area contributed by atoms with Gasteiger partial charge in [0.25, 0.3) is 0 Å². The number of hydrogen-bond acceptors (Lipinski definition) is 5. The number of nitrogens with one attached hydrogen (secondary N) is 1. The predicted octanol–water partition coefficient (Wildman–Crippen LogP) is 2.79. The van der Waals surface area contributed by atoms with Crippen molar-refractivity contribution in [3.63, 3.8) is 0 Å². The smallest absolute Gasteiger partial charge is 0.378 e. The molecule has 1 aliphatic carbocycles. The molecule has 1 atom stereocenters. The summed E-state index contributed by atoms with van der Waals surface area (Å²) in [5.74, 6) is 0.0372. The molecule has 0 aromatic carbocycles. The van der Waals surface area contributed by atoms with Gasteiger partial charge in [-0.2, -0.15) is 13.2 Å². The molecule has 1 aromatic heterocycles. The molecule has 1 amide bonds. The van der Waals surface area contributed by atoms with Crippen LogP contribution in [0.3, 0.4) is 0 Å². The number of carbonyl (C=O) groups excluding carboxylic acids is 1. The van der Waals surface area contributed by atoms with Gasteiger partial charge in [-0.3, -0.25) is 4.79 Å². The summed E-state index contributed by atoms with van der Waals surface area (Å²) in [5.41, 5.74) is 1.53. The van der Waals surface area contributed by atoms with Crippen molar-refractivity contribution in [2.75, 3.05) is 31.2 Å². The number of carbonyl (C=O) groups is 1. The van der Waals surface area contributed by atoms with E-state index < -0.39 is 24.9 Å². The van der Waals surface area contributed by atoms with Crippen molar-refractivity contribution in [2.45, 2.75) is 51.7 Å². The zero-order valence-corrected chi connectivity index (χ0v) is 15.6. The number of nitrogens with zero attached hydrogens (tertiary/aromatic N) is 3. The third-order valence-electron chi connectivity index (χ3n) is 4.93. The Morgan fingerprint density at radius 3 is 2.74 bits per heavy atom. The van der Waals surface area contributed by atoms with Crippen molar-refractivity contribution in [3.05, 3.63) is 17.5 Å². The van der Waals surface area contributed by atoms with Crippen LogP contribution in [0.15, 0.2) is 6.20 Å². The first-order valence-corrected chi connectivity index (χ1v) is 9.18. The molecule has 1 aromatic rings. The summed E-state index contributed by atoms with van der Waals surface area (Å²) in [7, 11) is 0. The molecule has 1 unspecified atom stereocenters. The molecule has 27 heavy (non-hydrogen) atoms. The molecule has 3 rings (SSSR count). The number of alkyl halides is 3. The Morgan fingerprint density at radius 2 is 2.07 bits per heavy atom. The molecule has 2 heterocycles. The fraction of sp³-hybridized carbons (Fsp3) is 0.722. The summed E-state index contributed by atoms with van der Waals surface area (Å²) in [6.07, 6.45) is -2.94. The van der Waals surface area contributed by atoms with Crippen LogP contribution in [-0.2, 0) is 16.0 Å². The van der Waals surface area contributed by atoms with Crippen LogP contribution in [0, 0.1) is 5.41 Å². The minimum Gasteiger partial charge on any atom is -0.378 e. The van der Waals surface area contributed by atoms with Gasteiger partial charge >= 0.3 is 6.18 Å². The molecule has 0 bridgehead atoms. The maximum Gasteiger partial charge on any atom is 0.389 e. The standard InChI is InChI=1S/C18H25F3N4O2/c1-17(2)9-13(23-15(26)3-4-18(19,20)21)12-11-22-16(24-14(12)10-17)25-5-7-27-8-6-25/h11,13H,3-10H2,1-2H3,(H,23,26). The van der Waals surface area contributed by atoms with Crippen molar-refractivity contribution in [3.8, 4) is 0 Å². The minimum atomic E-state index is -4.34. The fourth-order valence-electron chi connectivity index (χ4n) is 3.60. The van der Waals surface area contributed by atoms with Gasteiger partial charge in [0.2, 0.25) is 11.9 Å².